The molecule has 1 aromatic carbocycles. The van der Waals surface area contributed by atoms with Gasteiger partial charge in [0.05, 0.1) is 5.69 Å². The lowest BCUT2D eigenvalue weighted by molar-refractivity contribution is 1.06. The number of rotatable bonds is 2. The van der Waals surface area contributed by atoms with E-state index in [2.05, 4.69) is 26.3 Å². The predicted octanol–water partition coefficient (Wildman–Crippen LogP) is 3.89. The van der Waals surface area contributed by atoms with E-state index in [1.54, 1.807) is 11.8 Å². The lowest BCUT2D eigenvalue weighted by Crippen LogP contribution is -2.05. The molecular formula is C16H12N4S. The molecule has 0 bridgehead atoms. The van der Waals surface area contributed by atoms with Crippen molar-refractivity contribution in [3.05, 3.63) is 60.4 Å². The van der Waals surface area contributed by atoms with Gasteiger partial charge in [-0.3, -0.25) is 0 Å². The zero-order chi connectivity index (χ0) is 14.1. The summed E-state index contributed by atoms with van der Waals surface area (Å²) in [4.78, 5) is 13.5. The van der Waals surface area contributed by atoms with Crippen LogP contribution in [0.3, 0.4) is 0 Å². The third kappa shape index (κ3) is 2.36. The fourth-order valence-corrected chi connectivity index (χ4v) is 3.25. The standard InChI is InChI=1S/C16H12N4S/c1-2-5-12(6-3-1)19-16-18-9-11-10-21-15-13(14(11)20-16)7-4-8-17-15/h1-9H,10H2,(H,18,19,20). The molecule has 3 aromatic rings. The van der Waals surface area contributed by atoms with Crippen molar-refractivity contribution in [2.45, 2.75) is 10.8 Å². The molecule has 5 heteroatoms. The third-order valence-corrected chi connectivity index (χ3v) is 4.34. The maximum atomic E-state index is 4.67. The lowest BCUT2D eigenvalue weighted by Gasteiger charge is -2.17. The Morgan fingerprint density at radius 1 is 1.00 bits per heavy atom. The summed E-state index contributed by atoms with van der Waals surface area (Å²) in [6.45, 7) is 0. The molecule has 0 fully saturated rings. The largest absolute Gasteiger partial charge is 0.324 e. The first-order valence-corrected chi connectivity index (χ1v) is 7.65. The highest BCUT2D eigenvalue weighted by molar-refractivity contribution is 7.98. The first-order valence-electron chi connectivity index (χ1n) is 6.66. The summed E-state index contributed by atoms with van der Waals surface area (Å²) in [6, 6.07) is 13.9. The highest BCUT2D eigenvalue weighted by Gasteiger charge is 2.19. The Morgan fingerprint density at radius 3 is 2.81 bits per heavy atom. The van der Waals surface area contributed by atoms with E-state index in [1.165, 1.54) is 0 Å². The van der Waals surface area contributed by atoms with Crippen molar-refractivity contribution < 1.29 is 0 Å². The number of fused-ring (bicyclic) bond motifs is 3. The van der Waals surface area contributed by atoms with Gasteiger partial charge < -0.3 is 5.32 Å². The van der Waals surface area contributed by atoms with Crippen LogP contribution < -0.4 is 5.32 Å². The van der Waals surface area contributed by atoms with Gasteiger partial charge in [-0.2, -0.15) is 0 Å². The molecule has 3 heterocycles. The van der Waals surface area contributed by atoms with Crippen molar-refractivity contribution in [2.24, 2.45) is 0 Å². The maximum Gasteiger partial charge on any atom is 0.227 e. The number of thioether (sulfide) groups is 1. The van der Waals surface area contributed by atoms with Crippen LogP contribution in [0.15, 0.2) is 59.9 Å². The fraction of sp³-hybridized carbons (Fsp3) is 0.0625. The van der Waals surface area contributed by atoms with Crippen molar-refractivity contribution in [1.82, 2.24) is 15.0 Å². The summed E-state index contributed by atoms with van der Waals surface area (Å²) in [6.07, 6.45) is 3.72. The molecule has 0 saturated carbocycles. The molecule has 1 aliphatic heterocycles. The minimum Gasteiger partial charge on any atom is -0.324 e. The van der Waals surface area contributed by atoms with Gasteiger partial charge in [0.2, 0.25) is 5.95 Å². The zero-order valence-corrected chi connectivity index (χ0v) is 12.0. The number of benzene rings is 1. The Hall–Kier alpha value is -2.40. The summed E-state index contributed by atoms with van der Waals surface area (Å²) in [5, 5.41) is 4.27. The van der Waals surface area contributed by atoms with Gasteiger partial charge in [0, 0.05) is 35.0 Å². The van der Waals surface area contributed by atoms with Gasteiger partial charge in [-0.25, -0.2) is 15.0 Å². The van der Waals surface area contributed by atoms with E-state index >= 15 is 0 Å². The monoisotopic (exact) mass is 292 g/mol. The molecule has 0 aliphatic carbocycles. The third-order valence-electron chi connectivity index (χ3n) is 3.29. The Labute approximate surface area is 126 Å². The Morgan fingerprint density at radius 2 is 1.90 bits per heavy atom. The van der Waals surface area contributed by atoms with Crippen LogP contribution in [-0.4, -0.2) is 15.0 Å². The molecule has 4 nitrogen and oxygen atoms in total. The van der Waals surface area contributed by atoms with E-state index in [0.717, 1.165) is 33.3 Å². The number of hydrogen-bond donors (Lipinski definition) is 1. The first-order chi connectivity index (χ1) is 10.4. The van der Waals surface area contributed by atoms with Crippen LogP contribution in [0.5, 0.6) is 0 Å². The minimum atomic E-state index is 0.613. The van der Waals surface area contributed by atoms with Gasteiger partial charge in [-0.1, -0.05) is 18.2 Å². The number of hydrogen-bond acceptors (Lipinski definition) is 5. The molecule has 2 aromatic heterocycles. The predicted molar refractivity (Wildman–Crippen MR) is 84.5 cm³/mol. The van der Waals surface area contributed by atoms with Crippen LogP contribution in [-0.2, 0) is 5.75 Å². The van der Waals surface area contributed by atoms with Crippen LogP contribution in [0.25, 0.3) is 11.3 Å². The second-order valence-corrected chi connectivity index (χ2v) is 5.67. The summed E-state index contributed by atoms with van der Waals surface area (Å²) in [5.74, 6) is 1.48. The van der Waals surface area contributed by atoms with Crippen molar-refractivity contribution in [3.63, 3.8) is 0 Å². The molecule has 0 saturated heterocycles. The van der Waals surface area contributed by atoms with Gasteiger partial charge in [-0.15, -0.1) is 11.8 Å². The second-order valence-electron chi connectivity index (χ2n) is 4.70. The zero-order valence-electron chi connectivity index (χ0n) is 11.2. The Balaban J connectivity index is 1.74. The fourth-order valence-electron chi connectivity index (χ4n) is 2.29. The number of pyridine rings is 1. The van der Waals surface area contributed by atoms with Gasteiger partial charge in [0.1, 0.15) is 5.03 Å². The van der Waals surface area contributed by atoms with Gasteiger partial charge in [0.15, 0.2) is 0 Å². The summed E-state index contributed by atoms with van der Waals surface area (Å²) < 4.78 is 0. The molecule has 0 radical (unpaired) electrons. The molecule has 0 spiro atoms. The Bertz CT molecular complexity index is 789. The molecule has 102 valence electrons. The first kappa shape index (κ1) is 12.3. The number of para-hydroxylation sites is 1. The highest BCUT2D eigenvalue weighted by atomic mass is 32.2. The molecule has 1 aliphatic rings. The van der Waals surface area contributed by atoms with Crippen molar-refractivity contribution in [1.29, 1.82) is 0 Å². The van der Waals surface area contributed by atoms with E-state index in [1.807, 2.05) is 48.8 Å². The van der Waals surface area contributed by atoms with Crippen LogP contribution >= 0.6 is 11.8 Å². The van der Waals surface area contributed by atoms with Crippen LogP contribution in [0.4, 0.5) is 11.6 Å². The van der Waals surface area contributed by atoms with Crippen LogP contribution in [0.2, 0.25) is 0 Å². The number of nitrogens with zero attached hydrogens (tertiary/aromatic N) is 3. The van der Waals surface area contributed by atoms with Gasteiger partial charge >= 0.3 is 0 Å². The molecule has 1 N–H and O–H groups in total. The van der Waals surface area contributed by atoms with Crippen molar-refractivity contribution in [3.8, 4) is 11.3 Å². The van der Waals surface area contributed by atoms with Crippen LogP contribution in [0.1, 0.15) is 5.56 Å². The molecule has 0 amide bonds. The lowest BCUT2D eigenvalue weighted by atomic mass is 10.1. The normalized spacial score (nSPS) is 12.4. The number of nitrogens with one attached hydrogen (secondary N) is 1. The second kappa shape index (κ2) is 5.18. The Kier molecular flexibility index (Phi) is 3.05. The number of anilines is 2. The summed E-state index contributed by atoms with van der Waals surface area (Å²) in [7, 11) is 0. The topological polar surface area (TPSA) is 50.7 Å². The minimum absolute atomic E-state index is 0.613. The average Bonchev–Trinajstić information content (AvgIpc) is 2.56. The molecule has 0 unspecified atom stereocenters. The highest BCUT2D eigenvalue weighted by Crippen LogP contribution is 2.38. The molecular weight excluding hydrogens is 280 g/mol. The summed E-state index contributed by atoms with van der Waals surface area (Å²) in [5.41, 5.74) is 4.20. The molecule has 0 atom stereocenters. The van der Waals surface area contributed by atoms with E-state index in [4.69, 9.17) is 0 Å². The summed E-state index contributed by atoms with van der Waals surface area (Å²) >= 11 is 1.73. The SMILES string of the molecule is c1ccc(Nc2ncc3c(n2)-c2cccnc2SC3)cc1. The average molecular weight is 292 g/mol. The number of aromatic nitrogens is 3. The molecule has 21 heavy (non-hydrogen) atoms. The van der Waals surface area contributed by atoms with Crippen molar-refractivity contribution in [2.75, 3.05) is 5.32 Å². The van der Waals surface area contributed by atoms with Gasteiger partial charge in [0.25, 0.3) is 0 Å². The van der Waals surface area contributed by atoms with E-state index in [9.17, 15) is 0 Å². The van der Waals surface area contributed by atoms with Crippen molar-refractivity contribution >= 4 is 23.4 Å². The quantitative estimate of drug-likeness (QED) is 0.776. The smallest absolute Gasteiger partial charge is 0.227 e. The van der Waals surface area contributed by atoms with E-state index < -0.39 is 0 Å². The molecule has 4 rings (SSSR count). The van der Waals surface area contributed by atoms with Crippen LogP contribution in [0, 0.1) is 0 Å². The van der Waals surface area contributed by atoms with E-state index in [0.29, 0.717) is 5.95 Å². The van der Waals surface area contributed by atoms with E-state index in [-0.39, 0.29) is 0 Å². The van der Waals surface area contributed by atoms with Gasteiger partial charge in [-0.05, 0) is 24.3 Å². The maximum absolute atomic E-state index is 4.67.